The van der Waals surface area contributed by atoms with Gasteiger partial charge >= 0.3 is 0 Å². The Labute approximate surface area is 102 Å². The summed E-state index contributed by atoms with van der Waals surface area (Å²) in [6.45, 7) is 7.00. The zero-order chi connectivity index (χ0) is 12.3. The van der Waals surface area contributed by atoms with E-state index in [2.05, 4.69) is 5.10 Å². The Bertz CT molecular complexity index is 360. The molecule has 0 amide bonds. The number of aromatic nitrogens is 2. The van der Waals surface area contributed by atoms with E-state index >= 15 is 0 Å². The molecular formula is C11H20ClN3O. The molecule has 1 aromatic heterocycles. The van der Waals surface area contributed by atoms with Crippen LogP contribution in [-0.2, 0) is 18.2 Å². The van der Waals surface area contributed by atoms with Crippen LogP contribution in [0.3, 0.4) is 0 Å². The maximum atomic E-state index is 6.17. The second-order valence-electron chi connectivity index (χ2n) is 4.44. The molecule has 92 valence electrons. The normalized spacial score (nSPS) is 15.1. The average Bonchev–Trinajstić information content (AvgIpc) is 2.42. The van der Waals surface area contributed by atoms with Gasteiger partial charge in [0, 0.05) is 25.6 Å². The first-order valence-corrected chi connectivity index (χ1v) is 5.80. The van der Waals surface area contributed by atoms with Crippen LogP contribution in [0.1, 0.15) is 25.2 Å². The van der Waals surface area contributed by atoms with Crippen LogP contribution in [0.4, 0.5) is 0 Å². The molecule has 1 heterocycles. The molecule has 1 unspecified atom stereocenters. The van der Waals surface area contributed by atoms with Gasteiger partial charge in [0.25, 0.3) is 0 Å². The number of nitrogens with two attached hydrogens (primary N) is 1. The first-order chi connectivity index (χ1) is 7.37. The molecule has 0 aliphatic heterocycles. The predicted molar refractivity (Wildman–Crippen MR) is 65.7 cm³/mol. The molecule has 0 fully saturated rings. The number of hydrogen-bond acceptors (Lipinski definition) is 3. The summed E-state index contributed by atoms with van der Waals surface area (Å²) < 4.78 is 7.15. The Morgan fingerprint density at radius 2 is 2.19 bits per heavy atom. The van der Waals surface area contributed by atoms with Crippen LogP contribution in [0.5, 0.6) is 0 Å². The van der Waals surface area contributed by atoms with E-state index < -0.39 is 5.54 Å². The van der Waals surface area contributed by atoms with Crippen molar-refractivity contribution < 1.29 is 4.74 Å². The average molecular weight is 246 g/mol. The molecule has 0 aromatic carbocycles. The lowest BCUT2D eigenvalue weighted by Gasteiger charge is -2.24. The summed E-state index contributed by atoms with van der Waals surface area (Å²) in [5, 5.41) is 4.97. The molecule has 0 aliphatic carbocycles. The van der Waals surface area contributed by atoms with Crippen LogP contribution in [0.25, 0.3) is 0 Å². The quantitative estimate of drug-likeness (QED) is 0.859. The summed E-state index contributed by atoms with van der Waals surface area (Å²) >= 11 is 6.17. The molecule has 0 radical (unpaired) electrons. The third kappa shape index (κ3) is 3.20. The van der Waals surface area contributed by atoms with Gasteiger partial charge in [-0.25, -0.2) is 0 Å². The van der Waals surface area contributed by atoms with Crippen LogP contribution in [0.15, 0.2) is 0 Å². The highest BCUT2D eigenvalue weighted by molar-refractivity contribution is 6.31. The minimum absolute atomic E-state index is 0.417. The lowest BCUT2D eigenvalue weighted by molar-refractivity contribution is 0.101. The highest BCUT2D eigenvalue weighted by Crippen LogP contribution is 2.23. The van der Waals surface area contributed by atoms with Gasteiger partial charge in [-0.05, 0) is 20.8 Å². The van der Waals surface area contributed by atoms with Gasteiger partial charge < -0.3 is 10.5 Å². The van der Waals surface area contributed by atoms with Gasteiger partial charge in [0.1, 0.15) is 0 Å². The lowest BCUT2D eigenvalue weighted by Crippen LogP contribution is -2.44. The summed E-state index contributed by atoms with van der Waals surface area (Å²) in [7, 11) is 1.88. The Balaban J connectivity index is 2.79. The van der Waals surface area contributed by atoms with Gasteiger partial charge in [0.05, 0.1) is 23.0 Å². The van der Waals surface area contributed by atoms with Gasteiger partial charge in [-0.3, -0.25) is 4.68 Å². The molecule has 1 atom stereocenters. The van der Waals surface area contributed by atoms with Crippen LogP contribution in [0, 0.1) is 6.92 Å². The van der Waals surface area contributed by atoms with E-state index in [1.807, 2.05) is 27.8 Å². The Hall–Kier alpha value is -0.580. The molecule has 0 saturated carbocycles. The van der Waals surface area contributed by atoms with Gasteiger partial charge in [0.2, 0.25) is 0 Å². The van der Waals surface area contributed by atoms with Crippen molar-refractivity contribution in [3.05, 3.63) is 16.4 Å². The van der Waals surface area contributed by atoms with Crippen molar-refractivity contribution in [3.63, 3.8) is 0 Å². The number of aryl methyl sites for hydroxylation is 2. The standard InChI is InChI=1S/C11H20ClN3O/c1-5-16-7-11(3,13)6-9-10(12)8(2)14-15(9)4/h5-7,13H2,1-4H3. The third-order valence-corrected chi connectivity index (χ3v) is 2.96. The number of rotatable bonds is 5. The van der Waals surface area contributed by atoms with Crippen LogP contribution < -0.4 is 5.73 Å². The Morgan fingerprint density at radius 3 is 2.62 bits per heavy atom. The zero-order valence-corrected chi connectivity index (χ0v) is 11.1. The predicted octanol–water partition coefficient (Wildman–Crippen LogP) is 1.68. The monoisotopic (exact) mass is 245 g/mol. The van der Waals surface area contributed by atoms with E-state index in [1.54, 1.807) is 4.68 Å². The van der Waals surface area contributed by atoms with E-state index in [0.29, 0.717) is 24.7 Å². The highest BCUT2D eigenvalue weighted by Gasteiger charge is 2.23. The largest absolute Gasteiger partial charge is 0.380 e. The van der Waals surface area contributed by atoms with Crippen molar-refractivity contribution in [2.24, 2.45) is 12.8 Å². The summed E-state index contributed by atoms with van der Waals surface area (Å²) in [6, 6.07) is 0. The summed E-state index contributed by atoms with van der Waals surface area (Å²) in [5.74, 6) is 0. The van der Waals surface area contributed by atoms with Crippen molar-refractivity contribution in [2.75, 3.05) is 13.2 Å². The van der Waals surface area contributed by atoms with E-state index in [9.17, 15) is 0 Å². The van der Waals surface area contributed by atoms with Gasteiger partial charge in [0.15, 0.2) is 0 Å². The lowest BCUT2D eigenvalue weighted by atomic mass is 9.98. The molecule has 0 saturated heterocycles. The minimum atomic E-state index is -0.417. The first kappa shape index (κ1) is 13.5. The summed E-state index contributed by atoms with van der Waals surface area (Å²) in [6.07, 6.45) is 0.656. The molecule has 0 bridgehead atoms. The molecule has 0 aliphatic rings. The fraction of sp³-hybridized carbons (Fsp3) is 0.727. The van der Waals surface area contributed by atoms with E-state index in [0.717, 1.165) is 11.4 Å². The molecule has 2 N–H and O–H groups in total. The van der Waals surface area contributed by atoms with Crippen LogP contribution in [-0.4, -0.2) is 28.5 Å². The first-order valence-electron chi connectivity index (χ1n) is 5.42. The molecule has 16 heavy (non-hydrogen) atoms. The summed E-state index contributed by atoms with van der Waals surface area (Å²) in [5.41, 5.74) is 7.54. The van der Waals surface area contributed by atoms with Gasteiger partial charge in [-0.1, -0.05) is 11.6 Å². The fourth-order valence-electron chi connectivity index (χ4n) is 1.64. The zero-order valence-electron chi connectivity index (χ0n) is 10.4. The smallest absolute Gasteiger partial charge is 0.0847 e. The van der Waals surface area contributed by atoms with Crippen molar-refractivity contribution in [1.29, 1.82) is 0 Å². The molecule has 1 aromatic rings. The van der Waals surface area contributed by atoms with Crippen molar-refractivity contribution in [3.8, 4) is 0 Å². The molecule has 0 spiro atoms. The summed E-state index contributed by atoms with van der Waals surface area (Å²) in [4.78, 5) is 0. The van der Waals surface area contributed by atoms with E-state index in [4.69, 9.17) is 22.1 Å². The number of nitrogens with zero attached hydrogens (tertiary/aromatic N) is 2. The van der Waals surface area contributed by atoms with Crippen LogP contribution >= 0.6 is 11.6 Å². The molecule has 5 heteroatoms. The second-order valence-corrected chi connectivity index (χ2v) is 4.82. The SMILES string of the molecule is CCOCC(C)(N)Cc1c(Cl)c(C)nn1C. The van der Waals surface area contributed by atoms with Crippen molar-refractivity contribution in [1.82, 2.24) is 9.78 Å². The number of halogens is 1. The third-order valence-electron chi connectivity index (χ3n) is 2.47. The van der Waals surface area contributed by atoms with Gasteiger partial charge in [-0.2, -0.15) is 5.10 Å². The molecule has 4 nitrogen and oxygen atoms in total. The molecule has 1 rings (SSSR count). The van der Waals surface area contributed by atoms with E-state index in [-0.39, 0.29) is 0 Å². The van der Waals surface area contributed by atoms with Crippen molar-refractivity contribution >= 4 is 11.6 Å². The molecular weight excluding hydrogens is 226 g/mol. The fourth-order valence-corrected chi connectivity index (χ4v) is 1.87. The topological polar surface area (TPSA) is 53.1 Å². The van der Waals surface area contributed by atoms with Crippen LogP contribution in [0.2, 0.25) is 5.02 Å². The maximum absolute atomic E-state index is 6.17. The highest BCUT2D eigenvalue weighted by atomic mass is 35.5. The van der Waals surface area contributed by atoms with Crippen molar-refractivity contribution in [2.45, 2.75) is 32.7 Å². The Morgan fingerprint density at radius 1 is 1.56 bits per heavy atom. The second kappa shape index (κ2) is 5.17. The Kier molecular flexibility index (Phi) is 4.35. The minimum Gasteiger partial charge on any atom is -0.380 e. The maximum Gasteiger partial charge on any atom is 0.0847 e. The number of hydrogen-bond donors (Lipinski definition) is 1. The van der Waals surface area contributed by atoms with Gasteiger partial charge in [-0.15, -0.1) is 0 Å². The number of ether oxygens (including phenoxy) is 1. The van der Waals surface area contributed by atoms with E-state index in [1.165, 1.54) is 0 Å².